The highest BCUT2D eigenvalue weighted by Crippen LogP contribution is 2.26. The molecule has 0 amide bonds. The Morgan fingerprint density at radius 2 is 2.40 bits per heavy atom. The van der Waals surface area contributed by atoms with E-state index in [1.165, 1.54) is 6.26 Å². The highest BCUT2D eigenvalue weighted by atomic mass is 32.2. The fourth-order valence-corrected chi connectivity index (χ4v) is 2.90. The predicted molar refractivity (Wildman–Crippen MR) is 57.0 cm³/mol. The van der Waals surface area contributed by atoms with Gasteiger partial charge in [0.1, 0.15) is 0 Å². The number of piperidine rings is 1. The Hall–Kier alpha value is -0.880. The molecule has 1 aromatic rings. The number of H-pyrrole nitrogens is 1. The number of aromatic nitrogens is 2. The molecule has 0 unspecified atom stereocenters. The second-order valence-electron chi connectivity index (χ2n) is 3.97. The minimum absolute atomic E-state index is 0.260. The molecule has 2 heterocycles. The Labute approximate surface area is 89.5 Å². The first-order chi connectivity index (χ1) is 7.07. The summed E-state index contributed by atoms with van der Waals surface area (Å²) in [6, 6.07) is 1.91. The van der Waals surface area contributed by atoms with Gasteiger partial charge >= 0.3 is 0 Å². The summed E-state index contributed by atoms with van der Waals surface area (Å²) < 4.78 is 24.3. The molecule has 0 bridgehead atoms. The average Bonchev–Trinajstić information content (AvgIpc) is 2.69. The molecule has 1 atom stereocenters. The first-order valence-corrected chi connectivity index (χ1v) is 6.86. The Morgan fingerprint density at radius 3 is 3.00 bits per heavy atom. The van der Waals surface area contributed by atoms with Crippen molar-refractivity contribution < 1.29 is 8.42 Å². The van der Waals surface area contributed by atoms with Crippen LogP contribution in [0.15, 0.2) is 12.3 Å². The molecule has 1 aliphatic heterocycles. The fraction of sp³-hybridized carbons (Fsp3) is 0.667. The molecule has 15 heavy (non-hydrogen) atoms. The van der Waals surface area contributed by atoms with Crippen LogP contribution >= 0.6 is 0 Å². The van der Waals surface area contributed by atoms with E-state index in [9.17, 15) is 8.42 Å². The molecule has 0 saturated carbocycles. The van der Waals surface area contributed by atoms with Crippen molar-refractivity contribution in [3.05, 3.63) is 18.0 Å². The molecule has 1 fully saturated rings. The van der Waals surface area contributed by atoms with Gasteiger partial charge in [-0.2, -0.15) is 5.10 Å². The quantitative estimate of drug-likeness (QED) is 0.805. The normalized spacial score (nSPS) is 24.2. The summed E-state index contributed by atoms with van der Waals surface area (Å²) in [5, 5.41) is 6.80. The summed E-state index contributed by atoms with van der Waals surface area (Å²) in [6.07, 6.45) is 4.90. The maximum Gasteiger partial charge on any atom is 0.211 e. The minimum atomic E-state index is -3.05. The molecule has 84 valence electrons. The van der Waals surface area contributed by atoms with Gasteiger partial charge in [-0.3, -0.25) is 5.10 Å². The third-order valence-corrected chi connectivity index (χ3v) is 4.08. The molecule has 0 aliphatic carbocycles. The number of sulfonamides is 1. The molecule has 0 aromatic carbocycles. The van der Waals surface area contributed by atoms with Gasteiger partial charge < -0.3 is 0 Å². The number of rotatable bonds is 2. The monoisotopic (exact) mass is 229 g/mol. The van der Waals surface area contributed by atoms with Gasteiger partial charge in [0.05, 0.1) is 6.26 Å². The number of nitrogens with zero attached hydrogens (tertiary/aromatic N) is 2. The molecule has 6 heteroatoms. The molecule has 0 spiro atoms. The lowest BCUT2D eigenvalue weighted by molar-refractivity contribution is 0.314. The van der Waals surface area contributed by atoms with E-state index in [0.29, 0.717) is 13.1 Å². The van der Waals surface area contributed by atoms with Crippen LogP contribution in [0.2, 0.25) is 0 Å². The number of aromatic amines is 1. The lowest BCUT2D eigenvalue weighted by Crippen LogP contribution is -2.38. The van der Waals surface area contributed by atoms with Crippen molar-refractivity contribution in [2.45, 2.75) is 18.8 Å². The zero-order chi connectivity index (χ0) is 10.9. The van der Waals surface area contributed by atoms with E-state index in [0.717, 1.165) is 18.5 Å². The Bertz CT molecular complexity index is 413. The maximum absolute atomic E-state index is 11.4. The van der Waals surface area contributed by atoms with Crippen molar-refractivity contribution >= 4 is 10.0 Å². The zero-order valence-electron chi connectivity index (χ0n) is 8.68. The van der Waals surface area contributed by atoms with Gasteiger partial charge in [-0.15, -0.1) is 0 Å². The van der Waals surface area contributed by atoms with E-state index < -0.39 is 10.0 Å². The van der Waals surface area contributed by atoms with Gasteiger partial charge in [0.25, 0.3) is 0 Å². The van der Waals surface area contributed by atoms with Crippen molar-refractivity contribution in [1.29, 1.82) is 0 Å². The second kappa shape index (κ2) is 3.94. The summed E-state index contributed by atoms with van der Waals surface area (Å²) in [5.41, 5.74) is 1.03. The van der Waals surface area contributed by atoms with Crippen LogP contribution in [-0.2, 0) is 10.0 Å². The van der Waals surface area contributed by atoms with Crippen LogP contribution in [0, 0.1) is 0 Å². The highest BCUT2D eigenvalue weighted by Gasteiger charge is 2.27. The maximum atomic E-state index is 11.4. The predicted octanol–water partition coefficient (Wildman–Crippen LogP) is 0.549. The van der Waals surface area contributed by atoms with Crippen LogP contribution in [-0.4, -0.2) is 42.3 Å². The summed E-state index contributed by atoms with van der Waals surface area (Å²) in [5.74, 6) is 0.260. The number of hydrogen-bond donors (Lipinski definition) is 1. The van der Waals surface area contributed by atoms with Crippen molar-refractivity contribution in [2.75, 3.05) is 19.3 Å². The van der Waals surface area contributed by atoms with Crippen molar-refractivity contribution in [1.82, 2.24) is 14.5 Å². The molecule has 1 saturated heterocycles. The van der Waals surface area contributed by atoms with Crippen molar-refractivity contribution in [3.8, 4) is 0 Å². The zero-order valence-corrected chi connectivity index (χ0v) is 9.50. The van der Waals surface area contributed by atoms with Crippen LogP contribution in [0.25, 0.3) is 0 Å². The first kappa shape index (κ1) is 10.6. The summed E-state index contributed by atoms with van der Waals surface area (Å²) in [6.45, 7) is 1.21. The Kier molecular flexibility index (Phi) is 2.79. The van der Waals surface area contributed by atoms with E-state index in [1.807, 2.05) is 6.07 Å². The van der Waals surface area contributed by atoms with Gasteiger partial charge in [-0.1, -0.05) is 0 Å². The topological polar surface area (TPSA) is 66.1 Å². The minimum Gasteiger partial charge on any atom is -0.282 e. The van der Waals surface area contributed by atoms with Crippen LogP contribution < -0.4 is 0 Å². The lowest BCUT2D eigenvalue weighted by atomic mass is 9.96. The standard InChI is InChI=1S/C9H15N3O2S/c1-15(13,14)12-6-2-3-8(7-12)9-4-5-10-11-9/h4-5,8H,2-3,6-7H2,1H3,(H,10,11)/t8-/m0/s1. The van der Waals surface area contributed by atoms with Gasteiger partial charge in [0.2, 0.25) is 10.0 Å². The molecular weight excluding hydrogens is 214 g/mol. The highest BCUT2D eigenvalue weighted by molar-refractivity contribution is 7.88. The van der Waals surface area contributed by atoms with E-state index in [4.69, 9.17) is 0 Å². The van der Waals surface area contributed by atoms with Crippen LogP contribution in [0.4, 0.5) is 0 Å². The van der Waals surface area contributed by atoms with Crippen molar-refractivity contribution in [3.63, 3.8) is 0 Å². The molecule has 2 rings (SSSR count). The van der Waals surface area contributed by atoms with Gasteiger partial charge in [0, 0.05) is 30.9 Å². The number of nitrogens with one attached hydrogen (secondary N) is 1. The molecular formula is C9H15N3O2S. The summed E-state index contributed by atoms with van der Waals surface area (Å²) >= 11 is 0. The third-order valence-electron chi connectivity index (χ3n) is 2.82. The van der Waals surface area contributed by atoms with Crippen LogP contribution in [0.1, 0.15) is 24.5 Å². The fourth-order valence-electron chi connectivity index (χ4n) is 1.99. The Morgan fingerprint density at radius 1 is 1.60 bits per heavy atom. The van der Waals surface area contributed by atoms with Crippen molar-refractivity contribution in [2.24, 2.45) is 0 Å². The van der Waals surface area contributed by atoms with Gasteiger partial charge in [-0.25, -0.2) is 12.7 Å². The molecule has 0 radical (unpaired) electrons. The molecule has 1 aromatic heterocycles. The Balaban J connectivity index is 2.12. The molecule has 1 N–H and O–H groups in total. The SMILES string of the molecule is CS(=O)(=O)N1CCC[C@H](c2ccn[nH]2)C1. The third kappa shape index (κ3) is 2.38. The van der Waals surface area contributed by atoms with Crippen LogP contribution in [0.3, 0.4) is 0 Å². The van der Waals surface area contributed by atoms with Crippen LogP contribution in [0.5, 0.6) is 0 Å². The first-order valence-electron chi connectivity index (χ1n) is 5.02. The summed E-state index contributed by atoms with van der Waals surface area (Å²) in [4.78, 5) is 0. The molecule has 5 nitrogen and oxygen atoms in total. The van der Waals surface area contributed by atoms with E-state index in [2.05, 4.69) is 10.2 Å². The van der Waals surface area contributed by atoms with E-state index in [1.54, 1.807) is 10.5 Å². The number of hydrogen-bond acceptors (Lipinski definition) is 3. The van der Waals surface area contributed by atoms with E-state index in [-0.39, 0.29) is 5.92 Å². The molecule has 1 aliphatic rings. The van der Waals surface area contributed by atoms with Gasteiger partial charge in [0.15, 0.2) is 0 Å². The largest absolute Gasteiger partial charge is 0.282 e. The second-order valence-corrected chi connectivity index (χ2v) is 5.95. The average molecular weight is 229 g/mol. The lowest BCUT2D eigenvalue weighted by Gasteiger charge is -2.30. The van der Waals surface area contributed by atoms with Gasteiger partial charge in [-0.05, 0) is 18.9 Å². The summed E-state index contributed by atoms with van der Waals surface area (Å²) in [7, 11) is -3.05. The smallest absolute Gasteiger partial charge is 0.211 e. The van der Waals surface area contributed by atoms with E-state index >= 15 is 0 Å².